The minimum atomic E-state index is 0. The van der Waals surface area contributed by atoms with Crippen molar-refractivity contribution in [2.75, 3.05) is 20.6 Å². The fraction of sp³-hybridized carbons (Fsp3) is 0.462. The number of nitrogens with zero attached hydrogens (tertiary/aromatic N) is 1. The van der Waals surface area contributed by atoms with Crippen molar-refractivity contribution < 1.29 is 0 Å². The first-order valence-electron chi connectivity index (χ1n) is 5.85. The van der Waals surface area contributed by atoms with Crippen LogP contribution < -0.4 is 10.6 Å². The largest absolute Gasteiger partial charge is 0.359 e. The van der Waals surface area contributed by atoms with Gasteiger partial charge in [0, 0.05) is 30.5 Å². The van der Waals surface area contributed by atoms with E-state index < -0.39 is 0 Å². The van der Waals surface area contributed by atoms with Crippen LogP contribution in [0.3, 0.4) is 0 Å². The van der Waals surface area contributed by atoms with E-state index in [0.717, 1.165) is 17.0 Å². The van der Waals surface area contributed by atoms with Gasteiger partial charge in [-0.05, 0) is 30.5 Å². The van der Waals surface area contributed by atoms with E-state index in [9.17, 15) is 0 Å². The number of hydrogen-bond acceptors (Lipinski definition) is 1. The summed E-state index contributed by atoms with van der Waals surface area (Å²) >= 11 is 3.53. The quantitative estimate of drug-likeness (QED) is 0.445. The molecule has 0 heterocycles. The molecule has 2 rings (SSSR count). The second-order valence-electron chi connectivity index (χ2n) is 4.47. The van der Waals surface area contributed by atoms with Gasteiger partial charge in [0.2, 0.25) is 0 Å². The first kappa shape index (κ1) is 15.8. The molecule has 0 spiro atoms. The summed E-state index contributed by atoms with van der Waals surface area (Å²) in [7, 11) is 3.67. The van der Waals surface area contributed by atoms with Crippen LogP contribution in [0.25, 0.3) is 0 Å². The van der Waals surface area contributed by atoms with Crippen LogP contribution in [-0.4, -0.2) is 26.6 Å². The molecule has 2 N–H and O–H groups in total. The van der Waals surface area contributed by atoms with Gasteiger partial charge in [-0.2, -0.15) is 0 Å². The normalized spacial score (nSPS) is 16.7. The fourth-order valence-electron chi connectivity index (χ4n) is 2.07. The van der Waals surface area contributed by atoms with Gasteiger partial charge in [-0.25, -0.2) is 0 Å². The second kappa shape index (κ2) is 6.75. The molecule has 1 saturated carbocycles. The summed E-state index contributed by atoms with van der Waals surface area (Å²) in [5, 5.41) is 6.41. The zero-order valence-electron chi connectivity index (χ0n) is 10.7. The number of guanidine groups is 1. The molecule has 1 aliphatic rings. The van der Waals surface area contributed by atoms with E-state index in [2.05, 4.69) is 55.8 Å². The van der Waals surface area contributed by atoms with E-state index in [0.29, 0.717) is 5.41 Å². The Kier molecular flexibility index (Phi) is 5.91. The summed E-state index contributed by atoms with van der Waals surface area (Å²) in [5.41, 5.74) is 1.71. The molecule has 0 aromatic heterocycles. The molecule has 0 saturated heterocycles. The Bertz CT molecular complexity index is 430. The lowest BCUT2D eigenvalue weighted by atomic mass is 9.96. The first-order valence-corrected chi connectivity index (χ1v) is 6.64. The standard InChI is InChI=1S/C13H18BrN3.HI/c1-15-12(16-2)17-9-13(6-7-13)10-4-3-5-11(14)8-10;/h3-5,8H,6-7,9H2,1-2H3,(H2,15,16,17);1H. The van der Waals surface area contributed by atoms with Gasteiger partial charge in [0.1, 0.15) is 0 Å². The van der Waals surface area contributed by atoms with Crippen molar-refractivity contribution in [3.63, 3.8) is 0 Å². The third-order valence-corrected chi connectivity index (χ3v) is 3.84. The van der Waals surface area contributed by atoms with Gasteiger partial charge in [-0.1, -0.05) is 28.1 Å². The molecular weight excluding hydrogens is 405 g/mol. The molecule has 1 aliphatic carbocycles. The van der Waals surface area contributed by atoms with Gasteiger partial charge in [0.25, 0.3) is 0 Å². The Morgan fingerprint density at radius 2 is 2.17 bits per heavy atom. The zero-order valence-corrected chi connectivity index (χ0v) is 14.6. The van der Waals surface area contributed by atoms with Gasteiger partial charge in [0.05, 0.1) is 0 Å². The van der Waals surface area contributed by atoms with E-state index in [1.54, 1.807) is 7.05 Å². The first-order chi connectivity index (χ1) is 8.20. The van der Waals surface area contributed by atoms with Gasteiger partial charge in [0.15, 0.2) is 5.96 Å². The second-order valence-corrected chi connectivity index (χ2v) is 5.38. The number of aliphatic imine (C=N–C) groups is 1. The SMILES string of the molecule is CN=C(NC)NCC1(c2cccc(Br)c2)CC1.I. The molecule has 100 valence electrons. The highest BCUT2D eigenvalue weighted by Gasteiger charge is 2.44. The van der Waals surface area contributed by atoms with Crippen LogP contribution in [0.15, 0.2) is 33.7 Å². The van der Waals surface area contributed by atoms with Gasteiger partial charge in [-0.3, -0.25) is 4.99 Å². The molecular formula is C13H19BrIN3. The topological polar surface area (TPSA) is 36.4 Å². The maximum Gasteiger partial charge on any atom is 0.190 e. The van der Waals surface area contributed by atoms with Crippen LogP contribution in [0.4, 0.5) is 0 Å². The molecule has 1 aromatic carbocycles. The third kappa shape index (κ3) is 3.60. The van der Waals surface area contributed by atoms with E-state index in [-0.39, 0.29) is 24.0 Å². The summed E-state index contributed by atoms with van der Waals surface area (Å²) in [4.78, 5) is 4.13. The van der Waals surface area contributed by atoms with Crippen LogP contribution in [0, 0.1) is 0 Å². The molecule has 0 atom stereocenters. The number of hydrogen-bond donors (Lipinski definition) is 2. The van der Waals surface area contributed by atoms with Crippen LogP contribution in [0.1, 0.15) is 18.4 Å². The lowest BCUT2D eigenvalue weighted by molar-refractivity contribution is 0.650. The van der Waals surface area contributed by atoms with E-state index in [4.69, 9.17) is 0 Å². The van der Waals surface area contributed by atoms with Crippen molar-refractivity contribution in [1.82, 2.24) is 10.6 Å². The highest BCUT2D eigenvalue weighted by molar-refractivity contribution is 14.0. The maximum absolute atomic E-state index is 4.13. The Morgan fingerprint density at radius 1 is 1.44 bits per heavy atom. The average molecular weight is 424 g/mol. The summed E-state index contributed by atoms with van der Waals surface area (Å²) in [6.07, 6.45) is 2.49. The van der Waals surface area contributed by atoms with Crippen LogP contribution in [0.2, 0.25) is 0 Å². The predicted molar refractivity (Wildman–Crippen MR) is 90.9 cm³/mol. The van der Waals surface area contributed by atoms with Crippen molar-refractivity contribution in [1.29, 1.82) is 0 Å². The van der Waals surface area contributed by atoms with E-state index in [1.807, 2.05) is 7.05 Å². The molecule has 3 nitrogen and oxygen atoms in total. The van der Waals surface area contributed by atoms with Crippen LogP contribution in [0.5, 0.6) is 0 Å². The van der Waals surface area contributed by atoms with E-state index >= 15 is 0 Å². The number of rotatable bonds is 3. The van der Waals surface area contributed by atoms with Crippen molar-refractivity contribution in [3.05, 3.63) is 34.3 Å². The molecule has 1 aromatic rings. The fourth-order valence-corrected chi connectivity index (χ4v) is 2.47. The summed E-state index contributed by atoms with van der Waals surface area (Å²) < 4.78 is 1.15. The minimum absolute atomic E-state index is 0. The van der Waals surface area contributed by atoms with Crippen molar-refractivity contribution >= 4 is 45.9 Å². The Morgan fingerprint density at radius 3 is 2.67 bits per heavy atom. The molecule has 5 heteroatoms. The molecule has 18 heavy (non-hydrogen) atoms. The smallest absolute Gasteiger partial charge is 0.190 e. The van der Waals surface area contributed by atoms with Gasteiger partial charge in [-0.15, -0.1) is 24.0 Å². The molecule has 0 unspecified atom stereocenters. The highest BCUT2D eigenvalue weighted by atomic mass is 127. The highest BCUT2D eigenvalue weighted by Crippen LogP contribution is 2.48. The van der Waals surface area contributed by atoms with E-state index in [1.165, 1.54) is 18.4 Å². The third-order valence-electron chi connectivity index (χ3n) is 3.35. The Labute approximate surface area is 134 Å². The summed E-state index contributed by atoms with van der Waals surface area (Å²) in [6, 6.07) is 8.60. The molecule has 1 fully saturated rings. The Hall–Kier alpha value is -0.300. The maximum atomic E-state index is 4.13. The summed E-state index contributed by atoms with van der Waals surface area (Å²) in [5.74, 6) is 0.853. The average Bonchev–Trinajstić information content (AvgIpc) is 3.12. The van der Waals surface area contributed by atoms with Crippen LogP contribution >= 0.6 is 39.9 Å². The molecule has 0 amide bonds. The Balaban J connectivity index is 0.00000162. The van der Waals surface area contributed by atoms with Crippen LogP contribution in [-0.2, 0) is 5.41 Å². The van der Waals surface area contributed by atoms with Gasteiger partial charge < -0.3 is 10.6 Å². The van der Waals surface area contributed by atoms with Crippen molar-refractivity contribution in [2.24, 2.45) is 4.99 Å². The number of halogens is 2. The van der Waals surface area contributed by atoms with Gasteiger partial charge >= 0.3 is 0 Å². The minimum Gasteiger partial charge on any atom is -0.359 e. The van der Waals surface area contributed by atoms with Crippen molar-refractivity contribution in [2.45, 2.75) is 18.3 Å². The monoisotopic (exact) mass is 423 g/mol. The molecule has 0 bridgehead atoms. The molecule has 0 aliphatic heterocycles. The summed E-state index contributed by atoms with van der Waals surface area (Å²) in [6.45, 7) is 0.941. The lowest BCUT2D eigenvalue weighted by Gasteiger charge is -2.18. The van der Waals surface area contributed by atoms with Crippen molar-refractivity contribution in [3.8, 4) is 0 Å². The predicted octanol–water partition coefficient (Wildman–Crippen LogP) is 2.89. The lowest BCUT2D eigenvalue weighted by Crippen LogP contribution is -2.39. The number of nitrogens with one attached hydrogen (secondary N) is 2. The molecule has 0 radical (unpaired) electrons. The zero-order chi connectivity index (χ0) is 12.3. The number of benzene rings is 1.